The molecule has 44 heavy (non-hydrogen) atoms. The standard InChI is InChI=1S/C37H31ClN4O2/c1-3-4-15-42-33-12-8-6-10-27(33)29-20-37(44)24(17-35(29)42)21-39-30-14-13-25(38)18-31(30)40-22-23-16-34-28(19-36(23)43)26-9-5-7-11-32(26)41(34)2/h5-14,16-22,43-44H,3-4,15H2,1-2H3. The Morgan fingerprint density at radius 3 is 1.95 bits per heavy atom. The summed E-state index contributed by atoms with van der Waals surface area (Å²) in [4.78, 5) is 9.42. The average molecular weight is 599 g/mol. The smallest absolute Gasteiger partial charge is 0.125 e. The van der Waals surface area contributed by atoms with Crippen LogP contribution in [0.4, 0.5) is 11.4 Å². The predicted molar refractivity (Wildman–Crippen MR) is 184 cm³/mol. The van der Waals surface area contributed by atoms with Crippen LogP contribution in [0.25, 0.3) is 43.6 Å². The molecule has 0 fully saturated rings. The highest BCUT2D eigenvalue weighted by molar-refractivity contribution is 6.31. The van der Waals surface area contributed by atoms with Gasteiger partial charge >= 0.3 is 0 Å². The van der Waals surface area contributed by atoms with Crippen LogP contribution in [0, 0.1) is 0 Å². The molecule has 0 radical (unpaired) electrons. The van der Waals surface area contributed by atoms with E-state index in [1.807, 2.05) is 49.5 Å². The van der Waals surface area contributed by atoms with Crippen molar-refractivity contribution in [3.8, 4) is 11.5 Å². The first-order valence-electron chi connectivity index (χ1n) is 14.7. The summed E-state index contributed by atoms with van der Waals surface area (Å²) in [6.45, 7) is 3.09. The number of nitrogens with zero attached hydrogens (tertiary/aromatic N) is 4. The second kappa shape index (κ2) is 11.2. The van der Waals surface area contributed by atoms with Crippen LogP contribution in [0.5, 0.6) is 11.5 Å². The first-order valence-corrected chi connectivity index (χ1v) is 15.1. The zero-order valence-electron chi connectivity index (χ0n) is 24.5. The van der Waals surface area contributed by atoms with E-state index in [1.54, 1.807) is 36.7 Å². The fraction of sp³-hybridized carbons (Fsp3) is 0.135. The second-order valence-electron chi connectivity index (χ2n) is 11.1. The normalized spacial score (nSPS) is 12.2. The summed E-state index contributed by atoms with van der Waals surface area (Å²) in [6.07, 6.45) is 5.45. The highest BCUT2D eigenvalue weighted by Gasteiger charge is 2.14. The predicted octanol–water partition coefficient (Wildman–Crippen LogP) is 9.81. The van der Waals surface area contributed by atoms with Gasteiger partial charge in [0, 0.05) is 80.3 Å². The minimum absolute atomic E-state index is 0.140. The van der Waals surface area contributed by atoms with E-state index in [2.05, 4.69) is 40.3 Å². The van der Waals surface area contributed by atoms with Crippen LogP contribution in [0.3, 0.4) is 0 Å². The Kier molecular flexibility index (Phi) is 7.07. The van der Waals surface area contributed by atoms with Crippen molar-refractivity contribution in [1.29, 1.82) is 0 Å². The summed E-state index contributed by atoms with van der Waals surface area (Å²) in [5.41, 5.74) is 6.63. The van der Waals surface area contributed by atoms with Gasteiger partial charge in [-0.3, -0.25) is 9.98 Å². The Hall–Kier alpha value is -5.07. The van der Waals surface area contributed by atoms with Crippen LogP contribution < -0.4 is 0 Å². The maximum absolute atomic E-state index is 11.0. The van der Waals surface area contributed by atoms with Gasteiger partial charge in [-0.05, 0) is 61.0 Å². The lowest BCUT2D eigenvalue weighted by Gasteiger charge is -2.08. The minimum Gasteiger partial charge on any atom is -0.507 e. The highest BCUT2D eigenvalue weighted by atomic mass is 35.5. The van der Waals surface area contributed by atoms with Crippen molar-refractivity contribution < 1.29 is 10.2 Å². The van der Waals surface area contributed by atoms with Gasteiger partial charge in [-0.15, -0.1) is 0 Å². The highest BCUT2D eigenvalue weighted by Crippen LogP contribution is 2.36. The molecule has 0 amide bonds. The quantitative estimate of drug-likeness (QED) is 0.179. The lowest BCUT2D eigenvalue weighted by molar-refractivity contribution is 0.475. The zero-order valence-corrected chi connectivity index (χ0v) is 25.3. The number of aliphatic imine (C=N–C) groups is 2. The van der Waals surface area contributed by atoms with Crippen molar-refractivity contribution in [2.45, 2.75) is 26.3 Å². The van der Waals surface area contributed by atoms with Crippen LogP contribution in [-0.4, -0.2) is 31.8 Å². The van der Waals surface area contributed by atoms with Crippen molar-refractivity contribution in [2.24, 2.45) is 17.0 Å². The van der Waals surface area contributed by atoms with Gasteiger partial charge in [-0.1, -0.05) is 61.3 Å². The summed E-state index contributed by atoms with van der Waals surface area (Å²) in [5.74, 6) is 0.299. The van der Waals surface area contributed by atoms with E-state index >= 15 is 0 Å². The molecular weight excluding hydrogens is 568 g/mol. The molecule has 7 heteroatoms. The van der Waals surface area contributed by atoms with Gasteiger partial charge in [0.1, 0.15) is 11.5 Å². The van der Waals surface area contributed by atoms with Gasteiger partial charge in [0.15, 0.2) is 0 Å². The topological polar surface area (TPSA) is 75.0 Å². The number of aromatic hydroxyl groups is 2. The number of rotatable bonds is 7. The summed E-state index contributed by atoms with van der Waals surface area (Å²) in [6, 6.07) is 29.3. The molecule has 0 atom stereocenters. The van der Waals surface area contributed by atoms with E-state index in [1.165, 1.54) is 0 Å². The molecule has 0 unspecified atom stereocenters. The van der Waals surface area contributed by atoms with Crippen LogP contribution in [0.15, 0.2) is 101 Å². The maximum Gasteiger partial charge on any atom is 0.125 e. The number of hydrogen-bond acceptors (Lipinski definition) is 4. The number of phenolic OH excluding ortho intramolecular Hbond substituents is 2. The van der Waals surface area contributed by atoms with E-state index in [0.29, 0.717) is 27.5 Å². The van der Waals surface area contributed by atoms with Gasteiger partial charge < -0.3 is 19.3 Å². The Morgan fingerprint density at radius 2 is 1.25 bits per heavy atom. The first kappa shape index (κ1) is 27.7. The van der Waals surface area contributed by atoms with Crippen molar-refractivity contribution in [2.75, 3.05) is 0 Å². The van der Waals surface area contributed by atoms with Crippen molar-refractivity contribution in [3.63, 3.8) is 0 Å². The first-order chi connectivity index (χ1) is 21.4. The molecule has 0 aliphatic rings. The monoisotopic (exact) mass is 598 g/mol. The number of fused-ring (bicyclic) bond motifs is 6. The minimum atomic E-state index is 0.140. The maximum atomic E-state index is 11.0. The lowest BCUT2D eigenvalue weighted by atomic mass is 10.1. The third kappa shape index (κ3) is 4.77. The van der Waals surface area contributed by atoms with Crippen LogP contribution in [0.1, 0.15) is 30.9 Å². The molecule has 0 aliphatic carbocycles. The Balaban J connectivity index is 1.26. The van der Waals surface area contributed by atoms with Crippen molar-refractivity contribution >= 4 is 79.0 Å². The fourth-order valence-corrected chi connectivity index (χ4v) is 6.23. The molecule has 2 N–H and O–H groups in total. The van der Waals surface area contributed by atoms with Crippen molar-refractivity contribution in [1.82, 2.24) is 9.13 Å². The number of aryl methyl sites for hydroxylation is 2. The van der Waals surface area contributed by atoms with Gasteiger partial charge in [-0.25, -0.2) is 0 Å². The van der Waals surface area contributed by atoms with Gasteiger partial charge in [-0.2, -0.15) is 0 Å². The summed E-state index contributed by atoms with van der Waals surface area (Å²) in [7, 11) is 2.02. The number of unbranched alkanes of at least 4 members (excludes halogenated alkanes) is 1. The van der Waals surface area contributed by atoms with Crippen LogP contribution in [0.2, 0.25) is 5.02 Å². The van der Waals surface area contributed by atoms with Gasteiger partial charge in [0.05, 0.1) is 16.9 Å². The molecule has 218 valence electrons. The average Bonchev–Trinajstić information content (AvgIpc) is 3.48. The molecule has 0 saturated carbocycles. The Bertz CT molecular complexity index is 2280. The van der Waals surface area contributed by atoms with Crippen LogP contribution in [-0.2, 0) is 13.6 Å². The number of benzene rings is 5. The number of halogens is 1. The Morgan fingerprint density at radius 1 is 0.659 bits per heavy atom. The fourth-order valence-electron chi connectivity index (χ4n) is 6.06. The molecule has 7 rings (SSSR count). The van der Waals surface area contributed by atoms with E-state index in [9.17, 15) is 10.2 Å². The molecule has 0 bridgehead atoms. The summed E-state index contributed by atoms with van der Waals surface area (Å²) >= 11 is 6.36. The molecular formula is C37H31ClN4O2. The van der Waals surface area contributed by atoms with E-state index < -0.39 is 0 Å². The number of aromatic nitrogens is 2. The number of phenols is 2. The van der Waals surface area contributed by atoms with E-state index in [0.717, 1.165) is 63.0 Å². The number of hydrogen-bond donors (Lipinski definition) is 2. The molecule has 2 heterocycles. The SMILES string of the molecule is CCCCn1c2ccccc2c2cc(O)c(C=Nc3ccc(Cl)cc3N=Cc3cc4c(cc3O)c3ccccc3n4C)cc21. The summed E-state index contributed by atoms with van der Waals surface area (Å²) < 4.78 is 4.43. The molecule has 0 spiro atoms. The van der Waals surface area contributed by atoms with Gasteiger partial charge in [0.2, 0.25) is 0 Å². The van der Waals surface area contributed by atoms with E-state index in [4.69, 9.17) is 21.6 Å². The molecule has 2 aromatic heterocycles. The summed E-state index contributed by atoms with van der Waals surface area (Å²) in [5, 5.41) is 26.6. The molecule has 5 aromatic carbocycles. The Labute approximate surface area is 259 Å². The molecule has 6 nitrogen and oxygen atoms in total. The van der Waals surface area contributed by atoms with E-state index in [-0.39, 0.29) is 11.5 Å². The van der Waals surface area contributed by atoms with Gasteiger partial charge in [0.25, 0.3) is 0 Å². The number of para-hydroxylation sites is 2. The largest absolute Gasteiger partial charge is 0.507 e. The zero-order chi connectivity index (χ0) is 30.4. The van der Waals surface area contributed by atoms with Crippen LogP contribution >= 0.6 is 11.6 Å². The third-order valence-corrected chi connectivity index (χ3v) is 8.58. The molecule has 0 aliphatic heterocycles. The lowest BCUT2D eigenvalue weighted by Crippen LogP contribution is -1.97. The molecule has 7 aromatic rings. The molecule has 0 saturated heterocycles. The van der Waals surface area contributed by atoms with Crippen molar-refractivity contribution in [3.05, 3.63) is 107 Å². The third-order valence-electron chi connectivity index (χ3n) is 8.34. The second-order valence-corrected chi connectivity index (χ2v) is 11.5.